The first-order valence-electron chi connectivity index (χ1n) is 11.8. The molecule has 0 unspecified atom stereocenters. The fourth-order valence-electron chi connectivity index (χ4n) is 4.37. The third-order valence-electron chi connectivity index (χ3n) is 6.46. The van der Waals surface area contributed by atoms with Gasteiger partial charge in [0.15, 0.2) is 18.9 Å². The third kappa shape index (κ3) is 8.44. The second-order valence-corrected chi connectivity index (χ2v) is 11.5. The summed E-state index contributed by atoms with van der Waals surface area (Å²) in [5.41, 5.74) is 0. The standard InChI is InChI=1S/C18H32O21S2/c1-4-7(20)9(22)10(23)17(34-4)37-13-5(2-19)35-16(26)11(24)15(13)38-18-12(25)14(39-41(30,31)32)8(21)6(36-18)3-33-40(27,28)29/h4-26H,2-3H2,1H3,(H,27,28,29)(H,30,31,32)/t4-,5+,6+,7+,8-,9+,10-,11+,12-,13+,14-,15+,16+,17-,18-/m0/s1. The van der Waals surface area contributed by atoms with Crippen molar-refractivity contribution in [1.82, 2.24) is 0 Å². The van der Waals surface area contributed by atoms with E-state index in [-0.39, 0.29) is 0 Å². The highest BCUT2D eigenvalue weighted by Gasteiger charge is 2.54. The van der Waals surface area contributed by atoms with E-state index in [9.17, 15) is 57.7 Å². The summed E-state index contributed by atoms with van der Waals surface area (Å²) >= 11 is 0. The van der Waals surface area contributed by atoms with Crippen molar-refractivity contribution in [1.29, 1.82) is 0 Å². The van der Waals surface area contributed by atoms with Gasteiger partial charge in [-0.15, -0.1) is 0 Å². The van der Waals surface area contributed by atoms with Crippen LogP contribution in [0.25, 0.3) is 0 Å². The van der Waals surface area contributed by atoms with Gasteiger partial charge in [-0.3, -0.25) is 9.11 Å². The lowest BCUT2D eigenvalue weighted by Gasteiger charge is -2.48. The van der Waals surface area contributed by atoms with E-state index < -0.39 is 126 Å². The molecule has 3 heterocycles. The molecule has 21 nitrogen and oxygen atoms in total. The first-order valence-corrected chi connectivity index (χ1v) is 14.5. The zero-order chi connectivity index (χ0) is 31.0. The molecule has 0 amide bonds. The molecule has 0 spiro atoms. The Morgan fingerprint density at radius 1 is 0.634 bits per heavy atom. The Morgan fingerprint density at radius 3 is 1.78 bits per heavy atom. The largest absolute Gasteiger partial charge is 0.397 e. The zero-order valence-corrected chi connectivity index (χ0v) is 22.5. The van der Waals surface area contributed by atoms with Crippen LogP contribution in [0.5, 0.6) is 0 Å². The molecule has 0 bridgehead atoms. The van der Waals surface area contributed by atoms with Gasteiger partial charge >= 0.3 is 20.8 Å². The average Bonchev–Trinajstić information content (AvgIpc) is 2.87. The van der Waals surface area contributed by atoms with Crippen molar-refractivity contribution in [3.63, 3.8) is 0 Å². The highest BCUT2D eigenvalue weighted by atomic mass is 32.3. The van der Waals surface area contributed by atoms with E-state index in [0.717, 1.165) is 0 Å². The number of hydrogen-bond donors (Lipinski definition) is 10. The van der Waals surface area contributed by atoms with Crippen LogP contribution < -0.4 is 0 Å². The third-order valence-corrected chi connectivity index (χ3v) is 7.36. The van der Waals surface area contributed by atoms with Gasteiger partial charge in [-0.1, -0.05) is 0 Å². The van der Waals surface area contributed by atoms with Crippen molar-refractivity contribution < 1.29 is 98.8 Å². The van der Waals surface area contributed by atoms with Gasteiger partial charge in [-0.05, 0) is 6.92 Å². The lowest BCUT2D eigenvalue weighted by molar-refractivity contribution is -0.381. The monoisotopic (exact) mass is 648 g/mol. The molecule has 0 aromatic carbocycles. The summed E-state index contributed by atoms with van der Waals surface area (Å²) in [6.45, 7) is -0.856. The maximum atomic E-state index is 11.3. The van der Waals surface area contributed by atoms with E-state index in [1.807, 2.05) is 0 Å². The fraction of sp³-hybridized carbons (Fsp3) is 1.00. The van der Waals surface area contributed by atoms with E-state index >= 15 is 0 Å². The molecule has 0 saturated carbocycles. The van der Waals surface area contributed by atoms with Crippen molar-refractivity contribution in [2.45, 2.75) is 99.0 Å². The molecular formula is C18H32O21S2. The Kier molecular flexibility index (Phi) is 11.4. The normalized spacial score (nSPS) is 46.4. The molecule has 23 heteroatoms. The van der Waals surface area contributed by atoms with Crippen LogP contribution in [0.1, 0.15) is 6.92 Å². The van der Waals surface area contributed by atoms with Crippen LogP contribution in [0, 0.1) is 0 Å². The van der Waals surface area contributed by atoms with Crippen LogP contribution in [0.4, 0.5) is 0 Å². The van der Waals surface area contributed by atoms with Gasteiger partial charge in [0, 0.05) is 0 Å². The Labute approximate surface area is 232 Å². The lowest BCUT2D eigenvalue weighted by atomic mass is 9.96. The molecule has 10 N–H and O–H groups in total. The topological polar surface area (TPSA) is 335 Å². The fourth-order valence-corrected chi connectivity index (χ4v) is 5.18. The van der Waals surface area contributed by atoms with Gasteiger partial charge in [0.1, 0.15) is 67.1 Å². The van der Waals surface area contributed by atoms with Crippen molar-refractivity contribution in [2.24, 2.45) is 0 Å². The van der Waals surface area contributed by atoms with Gasteiger partial charge < -0.3 is 64.5 Å². The first kappa shape index (κ1) is 34.7. The Morgan fingerprint density at radius 2 is 1.22 bits per heavy atom. The predicted octanol–water partition coefficient (Wildman–Crippen LogP) is -6.89. The van der Waals surface area contributed by atoms with Gasteiger partial charge in [-0.25, -0.2) is 8.37 Å². The van der Waals surface area contributed by atoms with Crippen molar-refractivity contribution in [2.75, 3.05) is 13.2 Å². The van der Waals surface area contributed by atoms with Gasteiger partial charge in [0.05, 0.1) is 19.3 Å². The molecule has 0 aliphatic carbocycles. The quantitative estimate of drug-likeness (QED) is 0.0983. The summed E-state index contributed by atoms with van der Waals surface area (Å²) in [4.78, 5) is 0. The molecule has 3 rings (SSSR count). The van der Waals surface area contributed by atoms with E-state index in [2.05, 4.69) is 8.37 Å². The Hall–Kier alpha value is -0.780. The second kappa shape index (κ2) is 13.5. The minimum atomic E-state index is -5.39. The summed E-state index contributed by atoms with van der Waals surface area (Å²) in [5, 5.41) is 81.9. The molecule has 3 saturated heterocycles. The summed E-state index contributed by atoms with van der Waals surface area (Å²) in [7, 11) is -10.5. The van der Waals surface area contributed by atoms with Crippen molar-refractivity contribution in [3.05, 3.63) is 0 Å². The minimum absolute atomic E-state index is 0.941. The first-order chi connectivity index (χ1) is 18.8. The Balaban J connectivity index is 1.92. The van der Waals surface area contributed by atoms with Crippen LogP contribution >= 0.6 is 0 Å². The number of aliphatic hydroxyl groups excluding tert-OH is 8. The summed E-state index contributed by atoms with van der Waals surface area (Å²) in [6.07, 6.45) is -28.8. The van der Waals surface area contributed by atoms with Gasteiger partial charge in [0.2, 0.25) is 0 Å². The zero-order valence-electron chi connectivity index (χ0n) is 20.9. The molecule has 3 aliphatic heterocycles. The average molecular weight is 649 g/mol. The van der Waals surface area contributed by atoms with E-state index in [4.69, 9.17) is 32.8 Å². The van der Waals surface area contributed by atoms with Crippen LogP contribution in [-0.4, -0.2) is 172 Å². The maximum Gasteiger partial charge on any atom is 0.397 e. The van der Waals surface area contributed by atoms with E-state index in [1.165, 1.54) is 6.92 Å². The molecular weight excluding hydrogens is 616 g/mol. The molecule has 41 heavy (non-hydrogen) atoms. The van der Waals surface area contributed by atoms with Crippen molar-refractivity contribution in [3.8, 4) is 0 Å². The Bertz CT molecular complexity index is 1070. The van der Waals surface area contributed by atoms with Crippen LogP contribution in [0.15, 0.2) is 0 Å². The number of hydrogen-bond acceptors (Lipinski definition) is 19. The molecule has 3 fully saturated rings. The molecule has 242 valence electrons. The van der Waals surface area contributed by atoms with Crippen LogP contribution in [0.3, 0.4) is 0 Å². The maximum absolute atomic E-state index is 11.3. The summed E-state index contributed by atoms with van der Waals surface area (Å²) in [6, 6.07) is 0. The molecule has 0 aromatic heterocycles. The second-order valence-electron chi connectivity index (χ2n) is 9.35. The molecule has 0 aromatic rings. The van der Waals surface area contributed by atoms with Crippen LogP contribution in [-0.2, 0) is 52.8 Å². The number of aliphatic hydroxyl groups is 8. The summed E-state index contributed by atoms with van der Waals surface area (Å²) in [5.74, 6) is 0. The minimum Gasteiger partial charge on any atom is -0.394 e. The highest BCUT2D eigenvalue weighted by Crippen LogP contribution is 2.33. The van der Waals surface area contributed by atoms with Crippen molar-refractivity contribution >= 4 is 20.8 Å². The lowest BCUT2D eigenvalue weighted by Crippen LogP contribution is -2.67. The van der Waals surface area contributed by atoms with E-state index in [0.29, 0.717) is 0 Å². The number of rotatable bonds is 10. The number of ether oxygens (including phenoxy) is 5. The molecule has 0 radical (unpaired) electrons. The molecule has 3 aliphatic rings. The van der Waals surface area contributed by atoms with Gasteiger partial charge in [0.25, 0.3) is 0 Å². The molecule has 15 atom stereocenters. The highest BCUT2D eigenvalue weighted by molar-refractivity contribution is 7.81. The van der Waals surface area contributed by atoms with Crippen LogP contribution in [0.2, 0.25) is 0 Å². The smallest absolute Gasteiger partial charge is 0.394 e. The van der Waals surface area contributed by atoms with Gasteiger partial charge in [-0.2, -0.15) is 16.8 Å². The summed E-state index contributed by atoms with van der Waals surface area (Å²) < 4.78 is 97.6. The predicted molar refractivity (Wildman–Crippen MR) is 121 cm³/mol. The van der Waals surface area contributed by atoms with E-state index in [1.54, 1.807) is 0 Å². The SMILES string of the molecule is C[C@@H]1O[C@@H](O[C@H]2[C@H](O[C@@H]3O[C@H](COS(=O)(=O)O)[C@H](O)[C@H](OS(=O)(=O)O)[C@@H]3O)[C@@H](O)[C@H](O)O[C@@H]2CO)[C@@H](O)[C@H](O)[C@@H]1O.